The molecule has 0 unspecified atom stereocenters. The third kappa shape index (κ3) is 2.71. The average molecular weight is 266 g/mol. The van der Waals surface area contributed by atoms with Crippen LogP contribution in [0.25, 0.3) is 23.2 Å². The number of H-pyrrole nitrogens is 1. The van der Waals surface area contributed by atoms with Crippen molar-refractivity contribution in [2.75, 3.05) is 6.26 Å². The summed E-state index contributed by atoms with van der Waals surface area (Å²) in [4.78, 5) is 9.08. The van der Waals surface area contributed by atoms with Crippen LogP contribution < -0.4 is 0 Å². The molecule has 0 saturated heterocycles. The van der Waals surface area contributed by atoms with Crippen molar-refractivity contribution < 1.29 is 0 Å². The molecule has 2 nitrogen and oxygen atoms in total. The lowest BCUT2D eigenvalue weighted by molar-refractivity contribution is 1.29. The Labute approximate surface area is 116 Å². The van der Waals surface area contributed by atoms with Crippen molar-refractivity contribution in [1.29, 1.82) is 0 Å². The van der Waals surface area contributed by atoms with E-state index in [9.17, 15) is 0 Å². The first-order chi connectivity index (χ1) is 9.35. The number of hydrogen-bond acceptors (Lipinski definition) is 2. The number of nitrogens with one attached hydrogen (secondary N) is 1. The van der Waals surface area contributed by atoms with Gasteiger partial charge in [-0.1, -0.05) is 30.3 Å². The zero-order valence-electron chi connectivity index (χ0n) is 10.6. The first-order valence-electron chi connectivity index (χ1n) is 6.12. The molecule has 0 spiro atoms. The van der Waals surface area contributed by atoms with Crippen molar-refractivity contribution in [3.63, 3.8) is 0 Å². The van der Waals surface area contributed by atoms with Crippen molar-refractivity contribution in [3.8, 4) is 0 Å². The summed E-state index contributed by atoms with van der Waals surface area (Å²) in [6, 6.07) is 16.5. The number of fused-ring (bicyclic) bond motifs is 1. The number of benzene rings is 2. The van der Waals surface area contributed by atoms with Gasteiger partial charge in [-0.2, -0.15) is 0 Å². The molecule has 0 radical (unpaired) electrons. The predicted octanol–water partition coefficient (Wildman–Crippen LogP) is 4.46. The van der Waals surface area contributed by atoms with Gasteiger partial charge in [0.15, 0.2) is 0 Å². The van der Waals surface area contributed by atoms with E-state index in [0.29, 0.717) is 0 Å². The maximum absolute atomic E-state index is 4.52. The normalized spacial score (nSPS) is 11.4. The molecular formula is C16H14N2S. The molecule has 1 heterocycles. The fraction of sp³-hybridized carbons (Fsp3) is 0.0625. The van der Waals surface area contributed by atoms with E-state index >= 15 is 0 Å². The Hall–Kier alpha value is -2.00. The van der Waals surface area contributed by atoms with Gasteiger partial charge >= 0.3 is 0 Å². The molecule has 0 aliphatic heterocycles. The highest BCUT2D eigenvalue weighted by molar-refractivity contribution is 7.98. The number of aromatic amines is 1. The topological polar surface area (TPSA) is 28.7 Å². The van der Waals surface area contributed by atoms with Crippen LogP contribution in [-0.2, 0) is 0 Å². The third-order valence-electron chi connectivity index (χ3n) is 2.96. The Morgan fingerprint density at radius 1 is 1.00 bits per heavy atom. The van der Waals surface area contributed by atoms with E-state index < -0.39 is 0 Å². The van der Waals surface area contributed by atoms with Crippen LogP contribution in [-0.4, -0.2) is 16.2 Å². The van der Waals surface area contributed by atoms with Gasteiger partial charge < -0.3 is 4.98 Å². The van der Waals surface area contributed by atoms with E-state index in [1.54, 1.807) is 11.8 Å². The van der Waals surface area contributed by atoms with E-state index in [1.165, 1.54) is 10.5 Å². The van der Waals surface area contributed by atoms with E-state index in [0.717, 1.165) is 16.9 Å². The van der Waals surface area contributed by atoms with Gasteiger partial charge in [0.05, 0.1) is 11.0 Å². The van der Waals surface area contributed by atoms with Crippen LogP contribution in [0.3, 0.4) is 0 Å². The summed E-state index contributed by atoms with van der Waals surface area (Å²) in [5, 5.41) is 0. The minimum atomic E-state index is 0.884. The van der Waals surface area contributed by atoms with Crippen molar-refractivity contribution in [2.24, 2.45) is 0 Å². The van der Waals surface area contributed by atoms with Crippen LogP contribution in [0.1, 0.15) is 11.4 Å². The van der Waals surface area contributed by atoms with E-state index in [2.05, 4.69) is 46.6 Å². The molecule has 2 aromatic carbocycles. The number of imidazole rings is 1. The lowest BCUT2D eigenvalue weighted by Gasteiger charge is -1.96. The third-order valence-corrected chi connectivity index (χ3v) is 3.70. The molecule has 0 bridgehead atoms. The molecule has 3 heteroatoms. The number of hydrogen-bond donors (Lipinski definition) is 1. The summed E-state index contributed by atoms with van der Waals surface area (Å²) >= 11 is 1.75. The van der Waals surface area contributed by atoms with Gasteiger partial charge in [-0.05, 0) is 42.2 Å². The molecule has 19 heavy (non-hydrogen) atoms. The van der Waals surface area contributed by atoms with Crippen LogP contribution in [0.4, 0.5) is 0 Å². The van der Waals surface area contributed by atoms with Gasteiger partial charge in [0.1, 0.15) is 5.82 Å². The summed E-state index contributed by atoms with van der Waals surface area (Å²) in [5.41, 5.74) is 3.25. The second-order valence-electron chi connectivity index (χ2n) is 4.25. The average Bonchev–Trinajstić information content (AvgIpc) is 2.88. The molecule has 0 saturated carbocycles. The summed E-state index contributed by atoms with van der Waals surface area (Å²) in [6.07, 6.45) is 6.16. The maximum Gasteiger partial charge on any atom is 0.131 e. The van der Waals surface area contributed by atoms with Crippen molar-refractivity contribution in [2.45, 2.75) is 4.90 Å². The van der Waals surface area contributed by atoms with Crippen LogP contribution >= 0.6 is 11.8 Å². The summed E-state index contributed by atoms with van der Waals surface area (Å²) in [6.45, 7) is 0. The van der Waals surface area contributed by atoms with Gasteiger partial charge in [-0.3, -0.25) is 0 Å². The monoisotopic (exact) mass is 266 g/mol. The standard InChI is InChI=1S/C16H14N2S/c1-19-13-9-6-12(7-10-13)8-11-16-17-14-4-2-3-5-15(14)18-16/h2-11H,1H3,(H,17,18). The molecule has 0 aliphatic carbocycles. The Bertz CT molecular complexity index is 678. The maximum atomic E-state index is 4.52. The van der Waals surface area contributed by atoms with Crippen molar-refractivity contribution >= 4 is 34.9 Å². The number of para-hydroxylation sites is 2. The molecule has 1 aromatic heterocycles. The molecular weight excluding hydrogens is 252 g/mol. The molecule has 0 fully saturated rings. The summed E-state index contributed by atoms with van der Waals surface area (Å²) in [5.74, 6) is 0.884. The summed E-state index contributed by atoms with van der Waals surface area (Å²) in [7, 11) is 0. The van der Waals surface area contributed by atoms with Gasteiger partial charge in [0, 0.05) is 4.90 Å². The SMILES string of the molecule is CSc1ccc(C=Cc2nc3ccccc3[nH]2)cc1. The fourth-order valence-corrected chi connectivity index (χ4v) is 2.35. The minimum absolute atomic E-state index is 0.884. The summed E-state index contributed by atoms with van der Waals surface area (Å²) < 4.78 is 0. The van der Waals surface area contributed by atoms with Crippen LogP contribution in [0.5, 0.6) is 0 Å². The molecule has 94 valence electrons. The quantitative estimate of drug-likeness (QED) is 0.709. The zero-order chi connectivity index (χ0) is 13.1. The smallest absolute Gasteiger partial charge is 0.131 e. The number of aromatic nitrogens is 2. The lowest BCUT2D eigenvalue weighted by atomic mass is 10.2. The Balaban J connectivity index is 1.84. The highest BCUT2D eigenvalue weighted by Crippen LogP contribution is 2.17. The van der Waals surface area contributed by atoms with E-state index in [1.807, 2.05) is 30.3 Å². The highest BCUT2D eigenvalue weighted by Gasteiger charge is 1.97. The van der Waals surface area contributed by atoms with Gasteiger partial charge in [-0.15, -0.1) is 11.8 Å². The molecule has 1 N–H and O–H groups in total. The zero-order valence-corrected chi connectivity index (χ0v) is 11.4. The van der Waals surface area contributed by atoms with E-state index in [4.69, 9.17) is 0 Å². The second kappa shape index (κ2) is 5.33. The largest absolute Gasteiger partial charge is 0.338 e. The number of rotatable bonds is 3. The predicted molar refractivity (Wildman–Crippen MR) is 83.2 cm³/mol. The molecule has 0 amide bonds. The van der Waals surface area contributed by atoms with Crippen molar-refractivity contribution in [1.82, 2.24) is 9.97 Å². The molecule has 3 aromatic rings. The number of nitrogens with zero attached hydrogens (tertiary/aromatic N) is 1. The number of thioether (sulfide) groups is 1. The fourth-order valence-electron chi connectivity index (χ4n) is 1.94. The van der Waals surface area contributed by atoms with Crippen LogP contribution in [0.15, 0.2) is 53.4 Å². The Kier molecular flexibility index (Phi) is 3.38. The van der Waals surface area contributed by atoms with Crippen molar-refractivity contribution in [3.05, 3.63) is 59.9 Å². The van der Waals surface area contributed by atoms with Gasteiger partial charge in [-0.25, -0.2) is 4.98 Å². The minimum Gasteiger partial charge on any atom is -0.338 e. The molecule has 0 aliphatic rings. The first kappa shape index (κ1) is 12.1. The van der Waals surface area contributed by atoms with E-state index in [-0.39, 0.29) is 0 Å². The Morgan fingerprint density at radius 2 is 1.79 bits per heavy atom. The van der Waals surface area contributed by atoms with Crippen LogP contribution in [0, 0.1) is 0 Å². The molecule has 3 rings (SSSR count). The lowest BCUT2D eigenvalue weighted by Crippen LogP contribution is -1.75. The molecule has 0 atom stereocenters. The Morgan fingerprint density at radius 3 is 2.53 bits per heavy atom. The second-order valence-corrected chi connectivity index (χ2v) is 5.13. The van der Waals surface area contributed by atoms with Crippen LogP contribution in [0.2, 0.25) is 0 Å². The van der Waals surface area contributed by atoms with Gasteiger partial charge in [0.25, 0.3) is 0 Å². The first-order valence-corrected chi connectivity index (χ1v) is 7.34. The highest BCUT2D eigenvalue weighted by atomic mass is 32.2. The van der Waals surface area contributed by atoms with Gasteiger partial charge in [0.2, 0.25) is 0 Å².